The van der Waals surface area contributed by atoms with Crippen LogP contribution >= 0.6 is 23.4 Å². The molecule has 1 aliphatic rings. The molecule has 5 nitrogen and oxygen atoms in total. The van der Waals surface area contributed by atoms with Crippen LogP contribution in [0.4, 0.5) is 0 Å². The molecule has 0 radical (unpaired) electrons. The molecule has 1 amide bonds. The van der Waals surface area contributed by atoms with Crippen molar-refractivity contribution in [3.63, 3.8) is 0 Å². The van der Waals surface area contributed by atoms with Gasteiger partial charge in [0.2, 0.25) is 15.9 Å². The van der Waals surface area contributed by atoms with Gasteiger partial charge in [-0.1, -0.05) is 23.7 Å². The normalized spacial score (nSPS) is 20.0. The zero-order chi connectivity index (χ0) is 17.7. The number of thioether (sulfide) groups is 1. The summed E-state index contributed by atoms with van der Waals surface area (Å²) in [5, 5.41) is 0.419. The number of nitrogens with one attached hydrogen (secondary N) is 1. The third kappa shape index (κ3) is 5.95. The van der Waals surface area contributed by atoms with Gasteiger partial charge in [-0.05, 0) is 37.8 Å². The standard InChI is InChI=1S/C16H23ClN2O3S2/c1-12(23-15-8-4-3-7-14(15)17)16(20)19-9-5-6-13(11-19)10-18-24(2,21)22/h3-4,7-8,12-13,18H,5-6,9-11H2,1-2H3/t12-,13+/m1/s1. The molecule has 1 fully saturated rings. The van der Waals surface area contributed by atoms with Gasteiger partial charge < -0.3 is 4.90 Å². The number of hydrogen-bond donors (Lipinski definition) is 1. The summed E-state index contributed by atoms with van der Waals surface area (Å²) in [5.74, 6) is 0.235. The van der Waals surface area contributed by atoms with Crippen molar-refractivity contribution in [1.82, 2.24) is 9.62 Å². The van der Waals surface area contributed by atoms with Crippen molar-refractivity contribution in [3.05, 3.63) is 29.3 Å². The molecule has 1 heterocycles. The largest absolute Gasteiger partial charge is 0.341 e. The zero-order valence-corrected chi connectivity index (χ0v) is 16.3. The van der Waals surface area contributed by atoms with E-state index in [1.165, 1.54) is 11.8 Å². The average Bonchev–Trinajstić information content (AvgIpc) is 2.54. The first-order chi connectivity index (χ1) is 11.3. The van der Waals surface area contributed by atoms with E-state index in [4.69, 9.17) is 11.6 Å². The lowest BCUT2D eigenvalue weighted by molar-refractivity contribution is -0.132. The van der Waals surface area contributed by atoms with Crippen LogP contribution in [0, 0.1) is 5.92 Å². The van der Waals surface area contributed by atoms with Crippen LogP contribution in [0.2, 0.25) is 5.02 Å². The molecule has 2 rings (SSSR count). The number of benzene rings is 1. The van der Waals surface area contributed by atoms with Crippen molar-refractivity contribution in [1.29, 1.82) is 0 Å². The molecule has 8 heteroatoms. The number of amides is 1. The van der Waals surface area contributed by atoms with Crippen molar-refractivity contribution in [3.8, 4) is 0 Å². The van der Waals surface area contributed by atoms with Crippen LogP contribution in [0.3, 0.4) is 0 Å². The Morgan fingerprint density at radius 3 is 2.83 bits per heavy atom. The van der Waals surface area contributed by atoms with Gasteiger partial charge in [-0.15, -0.1) is 11.8 Å². The van der Waals surface area contributed by atoms with Crippen molar-refractivity contribution >= 4 is 39.3 Å². The summed E-state index contributed by atoms with van der Waals surface area (Å²) in [7, 11) is -3.20. The lowest BCUT2D eigenvalue weighted by atomic mass is 9.98. The SMILES string of the molecule is C[C@@H](Sc1ccccc1Cl)C(=O)N1CCC[C@@H](CNS(C)(=O)=O)C1. The van der Waals surface area contributed by atoms with Gasteiger partial charge in [-0.25, -0.2) is 13.1 Å². The fourth-order valence-corrected chi connectivity index (χ4v) is 4.52. The highest BCUT2D eigenvalue weighted by atomic mass is 35.5. The van der Waals surface area contributed by atoms with Crippen molar-refractivity contribution in [2.75, 3.05) is 25.9 Å². The minimum Gasteiger partial charge on any atom is -0.341 e. The predicted octanol–water partition coefficient (Wildman–Crippen LogP) is 2.61. The van der Waals surface area contributed by atoms with Crippen LogP contribution in [0.1, 0.15) is 19.8 Å². The first-order valence-corrected chi connectivity index (χ1v) is 11.1. The van der Waals surface area contributed by atoms with Crippen LogP contribution in [-0.2, 0) is 14.8 Å². The third-order valence-corrected chi connectivity index (χ3v) is 6.25. The lowest BCUT2D eigenvalue weighted by Gasteiger charge is -2.34. The number of carbonyl (C=O) groups excluding carboxylic acids is 1. The molecule has 2 atom stereocenters. The van der Waals surface area contributed by atoms with E-state index in [9.17, 15) is 13.2 Å². The van der Waals surface area contributed by atoms with Crippen LogP contribution < -0.4 is 4.72 Å². The Bertz CT molecular complexity index is 682. The minimum atomic E-state index is -3.20. The number of sulfonamides is 1. The van der Waals surface area contributed by atoms with E-state index < -0.39 is 10.0 Å². The fraction of sp³-hybridized carbons (Fsp3) is 0.562. The average molecular weight is 391 g/mol. The summed E-state index contributed by atoms with van der Waals surface area (Å²) in [5.41, 5.74) is 0. The van der Waals surface area contributed by atoms with Crippen LogP contribution in [0.15, 0.2) is 29.2 Å². The van der Waals surface area contributed by atoms with Crippen molar-refractivity contribution in [2.45, 2.75) is 29.9 Å². The Morgan fingerprint density at radius 1 is 1.46 bits per heavy atom. The number of hydrogen-bond acceptors (Lipinski definition) is 4. The van der Waals surface area contributed by atoms with E-state index in [-0.39, 0.29) is 17.1 Å². The molecular weight excluding hydrogens is 368 g/mol. The van der Waals surface area contributed by atoms with Gasteiger partial charge in [0, 0.05) is 24.5 Å². The molecule has 0 aliphatic carbocycles. The number of halogens is 1. The third-order valence-electron chi connectivity index (χ3n) is 3.95. The predicted molar refractivity (Wildman–Crippen MR) is 98.9 cm³/mol. The van der Waals surface area contributed by atoms with E-state index in [0.717, 1.165) is 30.5 Å². The first kappa shape index (κ1) is 19.6. The van der Waals surface area contributed by atoms with Crippen LogP contribution in [-0.4, -0.2) is 50.4 Å². The summed E-state index contributed by atoms with van der Waals surface area (Å²) in [6, 6.07) is 7.49. The van der Waals surface area contributed by atoms with Gasteiger partial charge in [0.25, 0.3) is 0 Å². The molecule has 0 bridgehead atoms. The second-order valence-electron chi connectivity index (χ2n) is 6.10. The highest BCUT2D eigenvalue weighted by molar-refractivity contribution is 8.00. The van der Waals surface area contributed by atoms with Gasteiger partial charge in [0.15, 0.2) is 0 Å². The highest BCUT2D eigenvalue weighted by Crippen LogP contribution is 2.31. The van der Waals surface area contributed by atoms with Crippen molar-refractivity contribution in [2.24, 2.45) is 5.92 Å². The highest BCUT2D eigenvalue weighted by Gasteiger charge is 2.27. The van der Waals surface area contributed by atoms with Gasteiger partial charge in [0.1, 0.15) is 0 Å². The second kappa shape index (κ2) is 8.56. The summed E-state index contributed by atoms with van der Waals surface area (Å²) < 4.78 is 25.0. The lowest BCUT2D eigenvalue weighted by Crippen LogP contribution is -2.46. The zero-order valence-electron chi connectivity index (χ0n) is 13.9. The van der Waals surface area contributed by atoms with E-state index >= 15 is 0 Å². The quantitative estimate of drug-likeness (QED) is 0.758. The number of piperidine rings is 1. The van der Waals surface area contributed by atoms with E-state index in [1.807, 2.05) is 36.1 Å². The second-order valence-corrected chi connectivity index (χ2v) is 9.73. The van der Waals surface area contributed by atoms with Gasteiger partial charge >= 0.3 is 0 Å². The number of nitrogens with zero attached hydrogens (tertiary/aromatic N) is 1. The molecule has 1 aromatic rings. The molecule has 0 aromatic heterocycles. The number of rotatable bonds is 6. The molecule has 1 aromatic carbocycles. The summed E-state index contributed by atoms with van der Waals surface area (Å²) in [4.78, 5) is 15.4. The van der Waals surface area contributed by atoms with Crippen molar-refractivity contribution < 1.29 is 13.2 Å². The molecular formula is C16H23ClN2O3S2. The Labute approximate surface area is 153 Å². The maximum Gasteiger partial charge on any atom is 0.235 e. The molecule has 0 unspecified atom stereocenters. The first-order valence-electron chi connectivity index (χ1n) is 7.91. The van der Waals surface area contributed by atoms with Crippen LogP contribution in [0.5, 0.6) is 0 Å². The summed E-state index contributed by atoms with van der Waals surface area (Å²) in [6.07, 6.45) is 2.98. The number of carbonyl (C=O) groups is 1. The molecule has 1 N–H and O–H groups in total. The Hall–Kier alpha value is -0.760. The van der Waals surface area contributed by atoms with E-state index in [1.54, 1.807) is 0 Å². The maximum absolute atomic E-state index is 12.7. The molecule has 1 saturated heterocycles. The van der Waals surface area contributed by atoms with Gasteiger partial charge in [-0.2, -0.15) is 0 Å². The summed E-state index contributed by atoms with van der Waals surface area (Å²) in [6.45, 7) is 3.58. The molecule has 24 heavy (non-hydrogen) atoms. The smallest absolute Gasteiger partial charge is 0.235 e. The maximum atomic E-state index is 12.7. The topological polar surface area (TPSA) is 66.5 Å². The molecule has 0 saturated carbocycles. The summed E-state index contributed by atoms with van der Waals surface area (Å²) >= 11 is 7.61. The van der Waals surface area contributed by atoms with Crippen LogP contribution in [0.25, 0.3) is 0 Å². The number of likely N-dealkylation sites (tertiary alicyclic amines) is 1. The molecule has 1 aliphatic heterocycles. The fourth-order valence-electron chi connectivity index (χ4n) is 2.74. The van der Waals surface area contributed by atoms with E-state index in [0.29, 0.717) is 18.1 Å². The van der Waals surface area contributed by atoms with E-state index in [2.05, 4.69) is 4.72 Å². The Morgan fingerprint density at radius 2 is 2.17 bits per heavy atom. The van der Waals surface area contributed by atoms with Gasteiger partial charge in [-0.3, -0.25) is 4.79 Å². The molecule has 134 valence electrons. The molecule has 0 spiro atoms. The Kier molecular flexibility index (Phi) is 6.98. The minimum absolute atomic E-state index is 0.0731. The van der Waals surface area contributed by atoms with Gasteiger partial charge in [0.05, 0.1) is 16.5 Å². The monoisotopic (exact) mass is 390 g/mol. The Balaban J connectivity index is 1.92.